The lowest BCUT2D eigenvalue weighted by molar-refractivity contribution is 0.0679. The average Bonchev–Trinajstić information content (AvgIpc) is 3.21. The molecule has 5 rings (SSSR count). The topological polar surface area (TPSA) is 77.6 Å². The van der Waals surface area contributed by atoms with Crippen molar-refractivity contribution in [1.29, 1.82) is 0 Å². The van der Waals surface area contributed by atoms with Gasteiger partial charge in [0.25, 0.3) is 5.91 Å². The fourth-order valence-electron chi connectivity index (χ4n) is 4.35. The van der Waals surface area contributed by atoms with Crippen LogP contribution in [0.1, 0.15) is 23.2 Å². The number of nitrogens with zero attached hydrogens (tertiary/aromatic N) is 3. The molecule has 0 radical (unpaired) electrons. The van der Waals surface area contributed by atoms with Crippen LogP contribution in [0, 0.1) is 5.92 Å². The van der Waals surface area contributed by atoms with E-state index in [1.165, 1.54) is 7.11 Å². The number of para-hydroxylation sites is 3. The van der Waals surface area contributed by atoms with Gasteiger partial charge >= 0.3 is 5.63 Å². The van der Waals surface area contributed by atoms with Gasteiger partial charge in [-0.2, -0.15) is 0 Å². The molecule has 4 aromatic rings. The summed E-state index contributed by atoms with van der Waals surface area (Å²) in [7, 11) is 1.52. The van der Waals surface area contributed by atoms with Gasteiger partial charge in [0, 0.05) is 25.0 Å². The summed E-state index contributed by atoms with van der Waals surface area (Å²) >= 11 is 0. The third-order valence-corrected chi connectivity index (χ3v) is 6.06. The summed E-state index contributed by atoms with van der Waals surface area (Å²) in [6, 6.07) is 15.0. The van der Waals surface area contributed by atoms with Gasteiger partial charge in [-0.1, -0.05) is 24.3 Å². The summed E-state index contributed by atoms with van der Waals surface area (Å²) in [5, 5.41) is 0.671. The van der Waals surface area contributed by atoms with E-state index in [1.54, 1.807) is 29.2 Å². The highest BCUT2D eigenvalue weighted by atomic mass is 16.5. The largest absolute Gasteiger partial charge is 0.493 e. The Morgan fingerprint density at radius 3 is 2.77 bits per heavy atom. The van der Waals surface area contributed by atoms with Crippen LogP contribution in [0.15, 0.2) is 64.1 Å². The second-order valence-electron chi connectivity index (χ2n) is 7.95. The number of benzene rings is 2. The molecule has 31 heavy (non-hydrogen) atoms. The number of hydrogen-bond donors (Lipinski definition) is 0. The third kappa shape index (κ3) is 3.56. The number of likely N-dealkylation sites (tertiary alicyclic amines) is 1. The second kappa shape index (κ2) is 7.91. The van der Waals surface area contributed by atoms with E-state index in [9.17, 15) is 9.59 Å². The maximum absolute atomic E-state index is 13.0. The van der Waals surface area contributed by atoms with Crippen molar-refractivity contribution < 1.29 is 13.9 Å². The molecule has 158 valence electrons. The second-order valence-corrected chi connectivity index (χ2v) is 7.95. The van der Waals surface area contributed by atoms with E-state index >= 15 is 0 Å². The summed E-state index contributed by atoms with van der Waals surface area (Å²) < 4.78 is 12.9. The molecule has 2 aromatic heterocycles. The number of amides is 1. The van der Waals surface area contributed by atoms with Gasteiger partial charge in [-0.25, -0.2) is 9.78 Å². The number of aromatic nitrogens is 2. The van der Waals surface area contributed by atoms with Crippen LogP contribution in [0.4, 0.5) is 0 Å². The van der Waals surface area contributed by atoms with Gasteiger partial charge in [-0.3, -0.25) is 4.79 Å². The van der Waals surface area contributed by atoms with Gasteiger partial charge in [0.15, 0.2) is 11.3 Å². The Hall–Kier alpha value is -3.61. The van der Waals surface area contributed by atoms with Gasteiger partial charge in [0.2, 0.25) is 0 Å². The lowest BCUT2D eigenvalue weighted by Crippen LogP contribution is -2.40. The van der Waals surface area contributed by atoms with Crippen molar-refractivity contribution in [1.82, 2.24) is 14.5 Å². The maximum Gasteiger partial charge on any atom is 0.349 e. The summed E-state index contributed by atoms with van der Waals surface area (Å²) in [6.45, 7) is 2.11. The number of imidazole rings is 1. The van der Waals surface area contributed by atoms with Crippen LogP contribution >= 0.6 is 0 Å². The highest BCUT2D eigenvalue weighted by Crippen LogP contribution is 2.26. The Morgan fingerprint density at radius 1 is 1.16 bits per heavy atom. The van der Waals surface area contributed by atoms with Crippen LogP contribution in [0.25, 0.3) is 22.0 Å². The zero-order valence-electron chi connectivity index (χ0n) is 17.3. The SMILES string of the molecule is COc1cccc2cc(C(=O)N3CCC(Cn4cnc5ccccc54)CC3)c(=O)oc12. The number of rotatable bonds is 4. The van der Waals surface area contributed by atoms with Crippen LogP contribution in [0.3, 0.4) is 0 Å². The molecule has 3 heterocycles. The first-order chi connectivity index (χ1) is 15.1. The molecule has 0 atom stereocenters. The molecule has 1 fully saturated rings. The number of hydrogen-bond acceptors (Lipinski definition) is 5. The van der Waals surface area contributed by atoms with Crippen LogP contribution in [0.5, 0.6) is 5.75 Å². The fraction of sp³-hybridized carbons (Fsp3) is 0.292. The van der Waals surface area contributed by atoms with Gasteiger partial charge in [0.05, 0.1) is 24.5 Å². The molecule has 0 spiro atoms. The average molecular weight is 417 g/mol. The van der Waals surface area contributed by atoms with E-state index in [0.717, 1.165) is 30.4 Å². The van der Waals surface area contributed by atoms with Gasteiger partial charge in [0.1, 0.15) is 5.56 Å². The molecular weight excluding hydrogens is 394 g/mol. The number of carbonyl (C=O) groups excluding carboxylic acids is 1. The van der Waals surface area contributed by atoms with Crippen LogP contribution in [0.2, 0.25) is 0 Å². The summed E-state index contributed by atoms with van der Waals surface area (Å²) in [6.07, 6.45) is 3.65. The molecule has 1 saturated heterocycles. The highest BCUT2D eigenvalue weighted by Gasteiger charge is 2.26. The minimum atomic E-state index is -0.631. The Bertz CT molecular complexity index is 1320. The standard InChI is InChI=1S/C24H23N3O4/c1-30-21-8-4-5-17-13-18(24(29)31-22(17)21)23(28)26-11-9-16(10-12-26)14-27-15-25-19-6-2-3-7-20(19)27/h2-8,13,15-16H,9-12,14H2,1H3. The minimum absolute atomic E-state index is 0.0693. The monoisotopic (exact) mass is 417 g/mol. The Labute approximate surface area is 178 Å². The molecule has 0 saturated carbocycles. The highest BCUT2D eigenvalue weighted by molar-refractivity contribution is 5.97. The van der Waals surface area contributed by atoms with Crippen molar-refractivity contribution >= 4 is 27.9 Å². The molecule has 7 nitrogen and oxygen atoms in total. The number of fused-ring (bicyclic) bond motifs is 2. The van der Waals surface area contributed by atoms with Crippen LogP contribution in [-0.4, -0.2) is 40.6 Å². The van der Waals surface area contributed by atoms with E-state index in [-0.39, 0.29) is 11.5 Å². The summed E-state index contributed by atoms with van der Waals surface area (Å²) in [5.41, 5.74) is 1.92. The van der Waals surface area contributed by atoms with Gasteiger partial charge < -0.3 is 18.6 Å². The zero-order valence-corrected chi connectivity index (χ0v) is 17.3. The van der Waals surface area contributed by atoms with Crippen molar-refractivity contribution in [2.45, 2.75) is 19.4 Å². The van der Waals surface area contributed by atoms with E-state index in [4.69, 9.17) is 9.15 Å². The zero-order chi connectivity index (χ0) is 21.4. The third-order valence-electron chi connectivity index (χ3n) is 6.06. The van der Waals surface area contributed by atoms with E-state index < -0.39 is 5.63 Å². The predicted octanol–water partition coefficient (Wildman–Crippen LogP) is 3.70. The van der Waals surface area contributed by atoms with Gasteiger partial charge in [-0.15, -0.1) is 0 Å². The molecule has 1 aliphatic heterocycles. The van der Waals surface area contributed by atoms with Crippen molar-refractivity contribution in [3.05, 3.63) is 70.8 Å². The smallest absolute Gasteiger partial charge is 0.349 e. The first kappa shape index (κ1) is 19.4. The predicted molar refractivity (Wildman–Crippen MR) is 117 cm³/mol. The lowest BCUT2D eigenvalue weighted by Gasteiger charge is -2.32. The number of ether oxygens (including phenoxy) is 1. The molecule has 1 aliphatic rings. The maximum atomic E-state index is 13.0. The van der Waals surface area contributed by atoms with Gasteiger partial charge in [-0.05, 0) is 43.0 Å². The molecule has 0 unspecified atom stereocenters. The van der Waals surface area contributed by atoms with Crippen molar-refractivity contribution in [3.8, 4) is 5.75 Å². The first-order valence-corrected chi connectivity index (χ1v) is 10.4. The Morgan fingerprint density at radius 2 is 1.97 bits per heavy atom. The fourth-order valence-corrected chi connectivity index (χ4v) is 4.35. The number of methoxy groups -OCH3 is 1. The summed E-state index contributed by atoms with van der Waals surface area (Å²) in [4.78, 5) is 31.8. The molecular formula is C24H23N3O4. The van der Waals surface area contributed by atoms with Crippen LogP contribution in [-0.2, 0) is 6.54 Å². The molecule has 0 N–H and O–H groups in total. The number of carbonyl (C=O) groups is 1. The Balaban J connectivity index is 1.30. The van der Waals surface area contributed by atoms with Crippen molar-refractivity contribution in [2.24, 2.45) is 5.92 Å². The number of piperidine rings is 1. The molecule has 7 heteroatoms. The normalized spacial score (nSPS) is 14.9. The van der Waals surface area contributed by atoms with Crippen LogP contribution < -0.4 is 10.4 Å². The molecule has 1 amide bonds. The summed E-state index contributed by atoms with van der Waals surface area (Å²) in [5.74, 6) is 0.658. The Kier molecular flexibility index (Phi) is 4.94. The van der Waals surface area contributed by atoms with E-state index in [0.29, 0.717) is 35.7 Å². The lowest BCUT2D eigenvalue weighted by atomic mass is 9.96. The van der Waals surface area contributed by atoms with Crippen molar-refractivity contribution in [3.63, 3.8) is 0 Å². The molecule has 0 aliphatic carbocycles. The molecule has 0 bridgehead atoms. The minimum Gasteiger partial charge on any atom is -0.493 e. The first-order valence-electron chi connectivity index (χ1n) is 10.4. The van der Waals surface area contributed by atoms with E-state index in [2.05, 4.69) is 15.6 Å². The van der Waals surface area contributed by atoms with E-state index in [1.807, 2.05) is 24.5 Å². The van der Waals surface area contributed by atoms with Crippen molar-refractivity contribution in [2.75, 3.05) is 20.2 Å². The quantitative estimate of drug-likeness (QED) is 0.473. The molecule has 2 aromatic carbocycles.